The molecule has 42 heavy (non-hydrogen) atoms. The Labute approximate surface area is 259 Å². The van der Waals surface area contributed by atoms with Crippen LogP contribution in [0.2, 0.25) is 0 Å². The molecule has 9 heteroatoms. The van der Waals surface area contributed by atoms with Crippen molar-refractivity contribution in [1.29, 1.82) is 0 Å². The molecule has 3 aromatic carbocycles. The van der Waals surface area contributed by atoms with Gasteiger partial charge >= 0.3 is 0 Å². The van der Waals surface area contributed by atoms with E-state index in [1.807, 2.05) is 94.4 Å². The Morgan fingerprint density at radius 1 is 0.905 bits per heavy atom. The fourth-order valence-electron chi connectivity index (χ4n) is 4.65. The highest BCUT2D eigenvalue weighted by molar-refractivity contribution is 9.10. The first-order valence-electron chi connectivity index (χ1n) is 14.3. The molecular formula is C33H42BrN3O4S. The van der Waals surface area contributed by atoms with Crippen molar-refractivity contribution in [1.82, 2.24) is 10.2 Å². The standard InChI is InChI=1S/C33H42BrN3O4S/c1-24(2)22-35-33(39)31(21-27-10-7-6-8-11-27)36(23-28-14-16-29(34)17-15-28)32(38)12-9-19-37(42(5,40)41)30-18-13-25(3)26(4)20-30/h6-8,10-11,13-18,20,24,31H,9,12,19,21-23H2,1-5H3,(H,35,39)/t31-/m1/s1. The topological polar surface area (TPSA) is 86.8 Å². The third-order valence-corrected chi connectivity index (χ3v) is 8.88. The molecule has 0 fully saturated rings. The highest BCUT2D eigenvalue weighted by atomic mass is 79.9. The second kappa shape index (κ2) is 15.3. The van der Waals surface area contributed by atoms with E-state index in [0.29, 0.717) is 25.1 Å². The minimum absolute atomic E-state index is 0.0934. The van der Waals surface area contributed by atoms with Crippen LogP contribution in [0.1, 0.15) is 48.9 Å². The maximum atomic E-state index is 13.9. The lowest BCUT2D eigenvalue weighted by atomic mass is 10.0. The van der Waals surface area contributed by atoms with Gasteiger partial charge in [-0.05, 0) is 72.7 Å². The van der Waals surface area contributed by atoms with Crippen molar-refractivity contribution in [3.8, 4) is 0 Å². The Morgan fingerprint density at radius 3 is 2.17 bits per heavy atom. The maximum Gasteiger partial charge on any atom is 0.243 e. The van der Waals surface area contributed by atoms with Gasteiger partial charge in [0, 0.05) is 36.9 Å². The fourth-order valence-corrected chi connectivity index (χ4v) is 5.87. The van der Waals surface area contributed by atoms with Gasteiger partial charge in [-0.2, -0.15) is 0 Å². The Hall–Kier alpha value is -3.17. The molecule has 0 radical (unpaired) electrons. The molecule has 0 unspecified atom stereocenters. The van der Waals surface area contributed by atoms with Gasteiger partial charge in [-0.1, -0.05) is 78.3 Å². The largest absolute Gasteiger partial charge is 0.354 e. The zero-order valence-corrected chi connectivity index (χ0v) is 27.5. The lowest BCUT2D eigenvalue weighted by molar-refractivity contribution is -0.141. The van der Waals surface area contributed by atoms with Crippen LogP contribution in [0.25, 0.3) is 0 Å². The minimum Gasteiger partial charge on any atom is -0.354 e. The first kappa shape index (κ1) is 33.3. The highest BCUT2D eigenvalue weighted by Gasteiger charge is 2.30. The van der Waals surface area contributed by atoms with Gasteiger partial charge in [-0.3, -0.25) is 13.9 Å². The zero-order valence-electron chi connectivity index (χ0n) is 25.1. The van der Waals surface area contributed by atoms with Crippen molar-refractivity contribution >= 4 is 43.5 Å². The van der Waals surface area contributed by atoms with Crippen LogP contribution in [-0.4, -0.2) is 50.5 Å². The van der Waals surface area contributed by atoms with E-state index >= 15 is 0 Å². The summed E-state index contributed by atoms with van der Waals surface area (Å²) < 4.78 is 27.7. The van der Waals surface area contributed by atoms with Crippen LogP contribution < -0.4 is 9.62 Å². The zero-order chi connectivity index (χ0) is 30.9. The van der Waals surface area contributed by atoms with Gasteiger partial charge in [0.2, 0.25) is 21.8 Å². The third kappa shape index (κ3) is 9.98. The van der Waals surface area contributed by atoms with Crippen LogP contribution in [0.15, 0.2) is 77.3 Å². The summed E-state index contributed by atoms with van der Waals surface area (Å²) in [6.45, 7) is 8.89. The average Bonchev–Trinajstić information content (AvgIpc) is 2.94. The van der Waals surface area contributed by atoms with Crippen LogP contribution >= 0.6 is 15.9 Å². The number of benzene rings is 3. The number of hydrogen-bond acceptors (Lipinski definition) is 4. The molecule has 0 heterocycles. The van der Waals surface area contributed by atoms with E-state index in [1.165, 1.54) is 10.6 Å². The van der Waals surface area contributed by atoms with Crippen LogP contribution in [0.4, 0.5) is 5.69 Å². The lowest BCUT2D eigenvalue weighted by Crippen LogP contribution is -2.51. The molecule has 0 aliphatic carbocycles. The first-order valence-corrected chi connectivity index (χ1v) is 16.9. The Balaban J connectivity index is 1.88. The number of amides is 2. The summed E-state index contributed by atoms with van der Waals surface area (Å²) in [6, 6.07) is 22.2. The second-order valence-corrected chi connectivity index (χ2v) is 14.0. The predicted molar refractivity (Wildman–Crippen MR) is 174 cm³/mol. The predicted octanol–water partition coefficient (Wildman–Crippen LogP) is 6.02. The SMILES string of the molecule is Cc1ccc(N(CCCC(=O)N(Cc2ccc(Br)cc2)[C@H](Cc2ccccc2)C(=O)NCC(C)C)S(C)(=O)=O)cc1C. The number of anilines is 1. The monoisotopic (exact) mass is 655 g/mol. The normalized spacial score (nSPS) is 12.2. The van der Waals surface area contributed by atoms with Crippen molar-refractivity contribution in [2.75, 3.05) is 23.7 Å². The molecule has 0 saturated heterocycles. The van der Waals surface area contributed by atoms with Crippen molar-refractivity contribution in [2.24, 2.45) is 5.92 Å². The van der Waals surface area contributed by atoms with Crippen LogP contribution in [0.5, 0.6) is 0 Å². The van der Waals surface area contributed by atoms with Crippen molar-refractivity contribution in [3.63, 3.8) is 0 Å². The third-order valence-electron chi connectivity index (χ3n) is 7.15. The van der Waals surface area contributed by atoms with Crippen LogP contribution in [0, 0.1) is 19.8 Å². The van der Waals surface area contributed by atoms with Gasteiger partial charge < -0.3 is 10.2 Å². The maximum absolute atomic E-state index is 13.9. The number of rotatable bonds is 14. The summed E-state index contributed by atoms with van der Waals surface area (Å²) >= 11 is 3.46. The highest BCUT2D eigenvalue weighted by Crippen LogP contribution is 2.23. The Bertz CT molecular complexity index is 1440. The minimum atomic E-state index is -3.56. The molecule has 3 aromatic rings. The van der Waals surface area contributed by atoms with E-state index in [2.05, 4.69) is 21.2 Å². The summed E-state index contributed by atoms with van der Waals surface area (Å²) in [6.07, 6.45) is 1.95. The molecule has 0 aliphatic heterocycles. The van der Waals surface area contributed by atoms with Gasteiger partial charge in [0.25, 0.3) is 0 Å². The van der Waals surface area contributed by atoms with Gasteiger partial charge in [0.15, 0.2) is 0 Å². The molecule has 0 aromatic heterocycles. The molecule has 1 atom stereocenters. The smallest absolute Gasteiger partial charge is 0.243 e. The van der Waals surface area contributed by atoms with E-state index < -0.39 is 16.1 Å². The summed E-state index contributed by atoms with van der Waals surface area (Å²) in [7, 11) is -3.56. The number of sulfonamides is 1. The van der Waals surface area contributed by atoms with Crippen molar-refractivity contribution < 1.29 is 18.0 Å². The number of aryl methyl sites for hydroxylation is 2. The number of carbonyl (C=O) groups is 2. The van der Waals surface area contributed by atoms with Gasteiger partial charge in [-0.15, -0.1) is 0 Å². The first-order chi connectivity index (χ1) is 19.8. The van der Waals surface area contributed by atoms with Crippen LogP contribution in [-0.2, 0) is 32.6 Å². The van der Waals surface area contributed by atoms with Crippen molar-refractivity contribution in [3.05, 3.63) is 99.5 Å². The van der Waals surface area contributed by atoms with E-state index in [4.69, 9.17) is 0 Å². The number of carbonyl (C=O) groups excluding carboxylic acids is 2. The van der Waals surface area contributed by atoms with Gasteiger partial charge in [-0.25, -0.2) is 8.42 Å². The molecule has 2 amide bonds. The fraction of sp³-hybridized carbons (Fsp3) is 0.394. The molecule has 0 bridgehead atoms. The van der Waals surface area contributed by atoms with Crippen molar-refractivity contribution in [2.45, 2.75) is 59.5 Å². The molecule has 0 saturated carbocycles. The number of halogens is 1. The van der Waals surface area contributed by atoms with Crippen LogP contribution in [0.3, 0.4) is 0 Å². The lowest BCUT2D eigenvalue weighted by Gasteiger charge is -2.32. The average molecular weight is 657 g/mol. The molecule has 3 rings (SSSR count). The number of nitrogens with one attached hydrogen (secondary N) is 1. The van der Waals surface area contributed by atoms with E-state index in [1.54, 1.807) is 11.0 Å². The van der Waals surface area contributed by atoms with Gasteiger partial charge in [0.05, 0.1) is 11.9 Å². The summed E-state index contributed by atoms with van der Waals surface area (Å²) in [5.41, 5.74) is 4.50. The Morgan fingerprint density at radius 2 is 1.57 bits per heavy atom. The van der Waals surface area contributed by atoms with E-state index in [9.17, 15) is 18.0 Å². The molecular weight excluding hydrogens is 614 g/mol. The second-order valence-electron chi connectivity index (χ2n) is 11.2. The van der Waals surface area contributed by atoms with Gasteiger partial charge in [0.1, 0.15) is 6.04 Å². The summed E-state index contributed by atoms with van der Waals surface area (Å²) in [5, 5.41) is 3.03. The van der Waals surface area contributed by atoms with E-state index in [0.717, 1.165) is 26.7 Å². The van der Waals surface area contributed by atoms with E-state index in [-0.39, 0.29) is 37.2 Å². The number of hydrogen-bond donors (Lipinski definition) is 1. The summed E-state index contributed by atoms with van der Waals surface area (Å²) in [4.78, 5) is 29.2. The summed E-state index contributed by atoms with van der Waals surface area (Å²) in [5.74, 6) is -0.146. The molecule has 0 aliphatic rings. The molecule has 0 spiro atoms. The number of nitrogens with zero attached hydrogens (tertiary/aromatic N) is 2. The molecule has 7 nitrogen and oxygen atoms in total. The molecule has 1 N–H and O–H groups in total. The Kier molecular flexibility index (Phi) is 12.2. The molecule has 226 valence electrons. The quantitative estimate of drug-likeness (QED) is 0.230.